The fourth-order valence-electron chi connectivity index (χ4n) is 2.70. The number of carbonyl (C=O) groups is 2. The van der Waals surface area contributed by atoms with Gasteiger partial charge in [0.1, 0.15) is 11.2 Å². The van der Waals surface area contributed by atoms with Crippen molar-refractivity contribution >= 4 is 33.9 Å². The van der Waals surface area contributed by atoms with Crippen molar-refractivity contribution in [1.82, 2.24) is 10.6 Å². The van der Waals surface area contributed by atoms with E-state index in [0.29, 0.717) is 32.5 Å². The van der Waals surface area contributed by atoms with Gasteiger partial charge in [-0.15, -0.1) is 3.89 Å². The predicted octanol–water partition coefficient (Wildman–Crippen LogP) is 0.489. The predicted molar refractivity (Wildman–Crippen MR) is 92.3 cm³/mol. The van der Waals surface area contributed by atoms with Crippen LogP contribution in [0.2, 0.25) is 0 Å². The van der Waals surface area contributed by atoms with Gasteiger partial charge in [-0.3, -0.25) is 4.90 Å². The van der Waals surface area contributed by atoms with Crippen LogP contribution in [0.4, 0.5) is 20.1 Å². The van der Waals surface area contributed by atoms with E-state index in [0.717, 1.165) is 6.07 Å². The number of nitrogens with zero attached hydrogens (tertiary/aromatic N) is 2. The van der Waals surface area contributed by atoms with Crippen LogP contribution in [0.1, 0.15) is 6.42 Å². The van der Waals surface area contributed by atoms with Gasteiger partial charge in [-0.2, -0.15) is 8.42 Å². The highest BCUT2D eigenvalue weighted by molar-refractivity contribution is 7.86. The van der Waals surface area contributed by atoms with Gasteiger partial charge in [-0.05, 0) is 18.2 Å². The molecule has 0 spiro atoms. The summed E-state index contributed by atoms with van der Waals surface area (Å²) in [5.41, 5.74) is 0.469. The number of urea groups is 1. The Bertz CT molecular complexity index is 735. The summed E-state index contributed by atoms with van der Waals surface area (Å²) in [6.45, 7) is 2.48. The summed E-state index contributed by atoms with van der Waals surface area (Å²) in [5, 5.41) is 5.56. The van der Waals surface area contributed by atoms with E-state index in [1.165, 1.54) is 18.0 Å². The minimum atomic E-state index is -4.98. The number of piperazine rings is 1. The molecule has 0 saturated carbocycles. The van der Waals surface area contributed by atoms with E-state index in [4.69, 9.17) is 0 Å². The summed E-state index contributed by atoms with van der Waals surface area (Å²) in [6.07, 6.45) is 0.725. The summed E-state index contributed by atoms with van der Waals surface area (Å²) in [6, 6.07) is 3.65. The molecule has 1 saturated heterocycles. The first kappa shape index (κ1) is 19.1. The van der Waals surface area contributed by atoms with Crippen LogP contribution in [0.25, 0.3) is 0 Å². The molecule has 1 heterocycles. The lowest BCUT2D eigenvalue weighted by atomic mass is 10.2. The normalized spacial score (nSPS) is 14.9. The number of benzene rings is 1. The lowest BCUT2D eigenvalue weighted by molar-refractivity contribution is -0.107. The molecule has 2 amide bonds. The number of nitrogens with one attached hydrogen (secondary N) is 2. The SMILES string of the molecule is CNC(=O)N(CCC=O)c1ccc(N2CCNCC2)c(S(=O)(=O)F)c1. The third kappa shape index (κ3) is 4.67. The Balaban J connectivity index is 2.46. The van der Waals surface area contributed by atoms with Crippen LogP contribution >= 0.6 is 0 Å². The number of carbonyl (C=O) groups excluding carboxylic acids is 2. The zero-order chi connectivity index (χ0) is 18.4. The molecular weight excluding hydrogens is 351 g/mol. The Morgan fingerprint density at radius 3 is 2.64 bits per heavy atom. The van der Waals surface area contributed by atoms with E-state index in [9.17, 15) is 21.9 Å². The quantitative estimate of drug-likeness (QED) is 0.557. The van der Waals surface area contributed by atoms with Gasteiger partial charge in [-0.25, -0.2) is 4.79 Å². The van der Waals surface area contributed by atoms with Gasteiger partial charge in [0.05, 0.1) is 5.69 Å². The standard InChI is InChI=1S/C15H21FN4O4S/c1-17-15(22)20(7-2-10-21)12-3-4-13(14(11-12)25(16,23)24)19-8-5-18-6-9-19/h3-4,10-11,18H,2,5-9H2,1H3,(H,17,22). The molecule has 0 aromatic heterocycles. The molecule has 25 heavy (non-hydrogen) atoms. The average molecular weight is 372 g/mol. The number of hydrogen-bond donors (Lipinski definition) is 2. The fraction of sp³-hybridized carbons (Fsp3) is 0.467. The van der Waals surface area contributed by atoms with Crippen LogP contribution in [0.15, 0.2) is 23.1 Å². The van der Waals surface area contributed by atoms with Crippen LogP contribution in [0.3, 0.4) is 0 Å². The maximum absolute atomic E-state index is 13.9. The number of rotatable bonds is 6. The Hall–Kier alpha value is -2.20. The first-order valence-electron chi connectivity index (χ1n) is 7.85. The molecule has 1 fully saturated rings. The molecule has 0 bridgehead atoms. The van der Waals surface area contributed by atoms with E-state index in [1.807, 2.05) is 0 Å². The Morgan fingerprint density at radius 2 is 2.08 bits per heavy atom. The minimum absolute atomic E-state index is 0.0575. The Kier molecular flexibility index (Phi) is 6.32. The molecular formula is C15H21FN4O4S. The van der Waals surface area contributed by atoms with Crippen LogP contribution in [-0.4, -0.2) is 60.5 Å². The van der Waals surface area contributed by atoms with Crippen LogP contribution < -0.4 is 20.4 Å². The number of anilines is 2. The van der Waals surface area contributed by atoms with Gasteiger partial charge >= 0.3 is 16.3 Å². The summed E-state index contributed by atoms with van der Waals surface area (Å²) in [7, 11) is -3.57. The van der Waals surface area contributed by atoms with Gasteiger partial charge in [0.25, 0.3) is 0 Å². The van der Waals surface area contributed by atoms with Crippen LogP contribution in [0, 0.1) is 0 Å². The first-order chi connectivity index (χ1) is 11.9. The van der Waals surface area contributed by atoms with E-state index in [-0.39, 0.29) is 24.3 Å². The van der Waals surface area contributed by atoms with Crippen molar-refractivity contribution in [2.45, 2.75) is 11.3 Å². The second-order valence-corrected chi connectivity index (χ2v) is 6.80. The van der Waals surface area contributed by atoms with Crippen LogP contribution in [-0.2, 0) is 15.0 Å². The molecule has 0 aliphatic carbocycles. The molecule has 10 heteroatoms. The highest BCUT2D eigenvalue weighted by Crippen LogP contribution is 2.31. The lowest BCUT2D eigenvalue weighted by Crippen LogP contribution is -2.44. The second-order valence-electron chi connectivity index (χ2n) is 5.49. The van der Waals surface area contributed by atoms with Crippen molar-refractivity contribution in [3.05, 3.63) is 18.2 Å². The molecule has 0 radical (unpaired) electrons. The molecule has 138 valence electrons. The lowest BCUT2D eigenvalue weighted by Gasteiger charge is -2.31. The third-order valence-electron chi connectivity index (χ3n) is 3.91. The molecule has 1 aliphatic rings. The number of halogens is 1. The summed E-state index contributed by atoms with van der Waals surface area (Å²) >= 11 is 0. The first-order valence-corrected chi connectivity index (χ1v) is 9.24. The summed E-state index contributed by atoms with van der Waals surface area (Å²) in [4.78, 5) is 25.1. The number of hydrogen-bond acceptors (Lipinski definition) is 6. The van der Waals surface area contributed by atoms with Gasteiger partial charge in [0.2, 0.25) is 0 Å². The topological polar surface area (TPSA) is 98.8 Å². The largest absolute Gasteiger partial charge is 0.368 e. The van der Waals surface area contributed by atoms with Gasteiger partial charge in [-0.1, -0.05) is 0 Å². The van der Waals surface area contributed by atoms with Crippen molar-refractivity contribution in [2.75, 3.05) is 49.6 Å². The van der Waals surface area contributed by atoms with Crippen molar-refractivity contribution in [2.24, 2.45) is 0 Å². The molecule has 1 aliphatic heterocycles. The summed E-state index contributed by atoms with van der Waals surface area (Å²) < 4.78 is 37.2. The maximum Gasteiger partial charge on any atom is 0.334 e. The molecule has 1 aromatic carbocycles. The van der Waals surface area contributed by atoms with E-state index >= 15 is 0 Å². The monoisotopic (exact) mass is 372 g/mol. The highest BCUT2D eigenvalue weighted by Gasteiger charge is 2.25. The Labute approximate surface area is 146 Å². The minimum Gasteiger partial charge on any atom is -0.368 e. The van der Waals surface area contributed by atoms with E-state index < -0.39 is 21.1 Å². The highest BCUT2D eigenvalue weighted by atomic mass is 32.3. The van der Waals surface area contributed by atoms with Crippen molar-refractivity contribution in [1.29, 1.82) is 0 Å². The van der Waals surface area contributed by atoms with Crippen molar-refractivity contribution < 1.29 is 21.9 Å². The molecule has 8 nitrogen and oxygen atoms in total. The van der Waals surface area contributed by atoms with Crippen molar-refractivity contribution in [3.63, 3.8) is 0 Å². The Morgan fingerprint density at radius 1 is 1.40 bits per heavy atom. The van der Waals surface area contributed by atoms with Crippen LogP contribution in [0.5, 0.6) is 0 Å². The smallest absolute Gasteiger partial charge is 0.334 e. The zero-order valence-electron chi connectivity index (χ0n) is 13.9. The van der Waals surface area contributed by atoms with Gasteiger partial charge < -0.3 is 20.3 Å². The number of amides is 2. The van der Waals surface area contributed by atoms with Gasteiger partial charge in [0, 0.05) is 51.9 Å². The fourth-order valence-corrected chi connectivity index (χ4v) is 3.41. The van der Waals surface area contributed by atoms with E-state index in [2.05, 4.69) is 10.6 Å². The summed E-state index contributed by atoms with van der Waals surface area (Å²) in [5.74, 6) is 0. The molecule has 0 unspecified atom stereocenters. The third-order valence-corrected chi connectivity index (χ3v) is 4.76. The molecule has 1 aromatic rings. The van der Waals surface area contributed by atoms with Crippen molar-refractivity contribution in [3.8, 4) is 0 Å². The molecule has 2 rings (SSSR count). The second kappa shape index (κ2) is 8.26. The molecule has 0 atom stereocenters. The number of aldehydes is 1. The molecule has 2 N–H and O–H groups in total. The zero-order valence-corrected chi connectivity index (χ0v) is 14.7. The average Bonchev–Trinajstić information content (AvgIpc) is 2.61. The maximum atomic E-state index is 13.9. The van der Waals surface area contributed by atoms with E-state index in [1.54, 1.807) is 11.0 Å². The van der Waals surface area contributed by atoms with Gasteiger partial charge in [0.15, 0.2) is 0 Å².